The van der Waals surface area contributed by atoms with Crippen LogP contribution in [-0.4, -0.2) is 20.7 Å². The van der Waals surface area contributed by atoms with Gasteiger partial charge in [-0.15, -0.1) is 0 Å². The number of nitrogens with one attached hydrogen (secondary N) is 1. The quantitative estimate of drug-likeness (QED) is 0.788. The molecule has 1 heterocycles. The summed E-state index contributed by atoms with van der Waals surface area (Å²) in [6, 6.07) is 4.67. The Morgan fingerprint density at radius 2 is 2.29 bits per heavy atom. The molecular weight excluding hydrogens is 242 g/mol. The summed E-state index contributed by atoms with van der Waals surface area (Å²) in [5.74, 6) is 0.0472. The van der Waals surface area contributed by atoms with Crippen LogP contribution in [0.3, 0.4) is 0 Å². The van der Waals surface area contributed by atoms with E-state index in [1.807, 2.05) is 0 Å². The monoisotopic (exact) mass is 251 g/mol. The van der Waals surface area contributed by atoms with Gasteiger partial charge in [-0.3, -0.25) is 10.1 Å². The van der Waals surface area contributed by atoms with E-state index in [0.29, 0.717) is 22.2 Å². The van der Waals surface area contributed by atoms with Crippen LogP contribution in [0.1, 0.15) is 10.4 Å². The smallest absolute Gasteiger partial charge is 0.258 e. The number of nitrogen functional groups attached to an aromatic ring is 1. The summed E-state index contributed by atoms with van der Waals surface area (Å²) in [6.45, 7) is 0. The second-order valence-electron chi connectivity index (χ2n) is 3.40. The normalized spacial score (nSPS) is 10.2. The second kappa shape index (κ2) is 4.42. The van der Waals surface area contributed by atoms with Crippen molar-refractivity contribution in [2.24, 2.45) is 7.05 Å². The molecule has 0 atom stereocenters. The van der Waals surface area contributed by atoms with Gasteiger partial charge in [-0.05, 0) is 18.2 Å². The number of hydrogen-bond donors (Lipinski definition) is 2. The number of amides is 1. The van der Waals surface area contributed by atoms with Gasteiger partial charge in [-0.2, -0.15) is 10.1 Å². The highest BCUT2D eigenvalue weighted by molar-refractivity contribution is 6.33. The van der Waals surface area contributed by atoms with Crippen molar-refractivity contribution in [2.45, 2.75) is 0 Å². The van der Waals surface area contributed by atoms with Crippen molar-refractivity contribution in [3.63, 3.8) is 0 Å². The minimum Gasteiger partial charge on any atom is -0.398 e. The van der Waals surface area contributed by atoms with Gasteiger partial charge in [0.05, 0.1) is 10.7 Å². The lowest BCUT2D eigenvalue weighted by Crippen LogP contribution is -2.15. The molecule has 0 aliphatic carbocycles. The third-order valence-corrected chi connectivity index (χ3v) is 2.53. The van der Waals surface area contributed by atoms with Crippen molar-refractivity contribution in [1.82, 2.24) is 14.8 Å². The standard InChI is InChI=1S/C10H10ClN5O/c1-16-10(13-5-14-16)15-9(17)6-2-3-8(12)7(11)4-6/h2-5H,12H2,1H3,(H,13,14,15,17). The Kier molecular flexibility index (Phi) is 2.97. The highest BCUT2D eigenvalue weighted by atomic mass is 35.5. The predicted molar refractivity (Wildman–Crippen MR) is 64.8 cm³/mol. The third-order valence-electron chi connectivity index (χ3n) is 2.20. The Morgan fingerprint density at radius 3 is 2.88 bits per heavy atom. The molecule has 0 spiro atoms. The average molecular weight is 252 g/mol. The molecule has 6 nitrogen and oxygen atoms in total. The van der Waals surface area contributed by atoms with Gasteiger partial charge in [0.2, 0.25) is 5.95 Å². The van der Waals surface area contributed by atoms with Crippen LogP contribution in [0.15, 0.2) is 24.5 Å². The van der Waals surface area contributed by atoms with Crippen LogP contribution in [0.2, 0.25) is 5.02 Å². The van der Waals surface area contributed by atoms with Crippen molar-refractivity contribution in [1.29, 1.82) is 0 Å². The first kappa shape index (κ1) is 11.4. The molecule has 1 aromatic heterocycles. The fraction of sp³-hybridized carbons (Fsp3) is 0.100. The molecule has 0 fully saturated rings. The van der Waals surface area contributed by atoms with E-state index in [9.17, 15) is 4.79 Å². The minimum atomic E-state index is -0.317. The van der Waals surface area contributed by atoms with E-state index in [1.54, 1.807) is 19.2 Å². The molecule has 0 radical (unpaired) electrons. The molecule has 1 amide bonds. The number of carbonyl (C=O) groups is 1. The lowest BCUT2D eigenvalue weighted by molar-refractivity contribution is 0.102. The molecule has 0 aliphatic rings. The molecule has 2 aromatic rings. The zero-order chi connectivity index (χ0) is 12.4. The Hall–Kier alpha value is -2.08. The van der Waals surface area contributed by atoms with Crippen LogP contribution in [0.5, 0.6) is 0 Å². The first-order valence-corrected chi connectivity index (χ1v) is 5.16. The maximum absolute atomic E-state index is 11.8. The zero-order valence-electron chi connectivity index (χ0n) is 9.01. The number of halogens is 1. The van der Waals surface area contributed by atoms with Gasteiger partial charge >= 0.3 is 0 Å². The van der Waals surface area contributed by atoms with Gasteiger partial charge in [0.15, 0.2) is 0 Å². The van der Waals surface area contributed by atoms with E-state index in [-0.39, 0.29) is 5.91 Å². The number of nitrogens with two attached hydrogens (primary N) is 1. The first-order valence-electron chi connectivity index (χ1n) is 4.78. The number of rotatable bonds is 2. The summed E-state index contributed by atoms with van der Waals surface area (Å²) >= 11 is 5.83. The molecule has 2 rings (SSSR count). The average Bonchev–Trinajstić information content (AvgIpc) is 2.68. The number of hydrogen-bond acceptors (Lipinski definition) is 4. The molecule has 0 unspecified atom stereocenters. The van der Waals surface area contributed by atoms with E-state index in [4.69, 9.17) is 17.3 Å². The fourth-order valence-electron chi connectivity index (χ4n) is 1.25. The van der Waals surface area contributed by atoms with Gasteiger partial charge in [0.1, 0.15) is 6.33 Å². The van der Waals surface area contributed by atoms with Crippen LogP contribution >= 0.6 is 11.6 Å². The van der Waals surface area contributed by atoms with Crippen LogP contribution in [-0.2, 0) is 7.05 Å². The van der Waals surface area contributed by atoms with E-state index in [0.717, 1.165) is 0 Å². The summed E-state index contributed by atoms with van der Waals surface area (Å²) in [5, 5.41) is 6.79. The van der Waals surface area contributed by atoms with Gasteiger partial charge in [0, 0.05) is 12.6 Å². The summed E-state index contributed by atoms with van der Waals surface area (Å²) in [4.78, 5) is 15.7. The summed E-state index contributed by atoms with van der Waals surface area (Å²) in [6.07, 6.45) is 1.35. The molecule has 0 bridgehead atoms. The number of carbonyl (C=O) groups excluding carboxylic acids is 1. The summed E-state index contributed by atoms with van der Waals surface area (Å²) in [5.41, 5.74) is 6.40. The molecular formula is C10H10ClN5O. The van der Waals surface area contributed by atoms with Gasteiger partial charge in [-0.25, -0.2) is 4.68 Å². The van der Waals surface area contributed by atoms with Gasteiger partial charge < -0.3 is 5.73 Å². The molecule has 88 valence electrons. The molecule has 0 saturated heterocycles. The summed E-state index contributed by atoms with van der Waals surface area (Å²) in [7, 11) is 1.68. The Balaban J connectivity index is 2.20. The van der Waals surface area contributed by atoms with Crippen LogP contribution in [0.4, 0.5) is 11.6 Å². The van der Waals surface area contributed by atoms with E-state index in [1.165, 1.54) is 17.1 Å². The van der Waals surface area contributed by atoms with Crippen molar-refractivity contribution < 1.29 is 4.79 Å². The van der Waals surface area contributed by atoms with Gasteiger partial charge in [0.25, 0.3) is 5.91 Å². The fourth-order valence-corrected chi connectivity index (χ4v) is 1.43. The summed E-state index contributed by atoms with van der Waals surface area (Å²) < 4.78 is 1.46. The number of aryl methyl sites for hydroxylation is 1. The van der Waals surface area contributed by atoms with Crippen molar-refractivity contribution in [3.8, 4) is 0 Å². The Labute approximate surface area is 102 Å². The van der Waals surface area contributed by atoms with Crippen molar-refractivity contribution >= 4 is 29.1 Å². The van der Waals surface area contributed by atoms with Crippen molar-refractivity contribution in [3.05, 3.63) is 35.1 Å². The highest BCUT2D eigenvalue weighted by Gasteiger charge is 2.10. The lowest BCUT2D eigenvalue weighted by atomic mass is 10.2. The minimum absolute atomic E-state index is 0.317. The van der Waals surface area contributed by atoms with Crippen LogP contribution in [0, 0.1) is 0 Å². The molecule has 17 heavy (non-hydrogen) atoms. The topological polar surface area (TPSA) is 85.8 Å². The van der Waals surface area contributed by atoms with Crippen LogP contribution < -0.4 is 11.1 Å². The molecule has 1 aromatic carbocycles. The third kappa shape index (κ3) is 2.36. The molecule has 0 saturated carbocycles. The second-order valence-corrected chi connectivity index (χ2v) is 3.80. The van der Waals surface area contributed by atoms with E-state index >= 15 is 0 Å². The predicted octanol–water partition coefficient (Wildman–Crippen LogP) is 1.30. The van der Waals surface area contributed by atoms with E-state index < -0.39 is 0 Å². The van der Waals surface area contributed by atoms with Crippen molar-refractivity contribution in [2.75, 3.05) is 11.1 Å². The number of aromatic nitrogens is 3. The molecule has 3 N–H and O–H groups in total. The maximum Gasteiger partial charge on any atom is 0.258 e. The van der Waals surface area contributed by atoms with Gasteiger partial charge in [-0.1, -0.05) is 11.6 Å². The number of benzene rings is 1. The van der Waals surface area contributed by atoms with Crippen LogP contribution in [0.25, 0.3) is 0 Å². The maximum atomic E-state index is 11.8. The Morgan fingerprint density at radius 1 is 1.53 bits per heavy atom. The number of nitrogens with zero attached hydrogens (tertiary/aromatic N) is 3. The lowest BCUT2D eigenvalue weighted by Gasteiger charge is -2.05. The SMILES string of the molecule is Cn1ncnc1NC(=O)c1ccc(N)c(Cl)c1. The zero-order valence-corrected chi connectivity index (χ0v) is 9.77. The first-order chi connectivity index (χ1) is 8.08. The molecule has 0 aliphatic heterocycles. The van der Waals surface area contributed by atoms with E-state index in [2.05, 4.69) is 15.4 Å². The highest BCUT2D eigenvalue weighted by Crippen LogP contribution is 2.20. The largest absolute Gasteiger partial charge is 0.398 e. The Bertz CT molecular complexity index is 566. The molecule has 7 heteroatoms. The number of anilines is 2.